The summed E-state index contributed by atoms with van der Waals surface area (Å²) in [6.07, 6.45) is 1.55. The number of halogens is 3. The van der Waals surface area contributed by atoms with Crippen molar-refractivity contribution < 1.29 is 9.53 Å². The summed E-state index contributed by atoms with van der Waals surface area (Å²) in [5.41, 5.74) is 1.50. The van der Waals surface area contributed by atoms with Crippen molar-refractivity contribution in [3.8, 4) is 0 Å². The molecule has 0 aliphatic carbocycles. The number of hydrogen-bond acceptors (Lipinski definition) is 2. The molecule has 1 atom stereocenters. The van der Waals surface area contributed by atoms with Gasteiger partial charge in [-0.25, -0.2) is 0 Å². The van der Waals surface area contributed by atoms with Crippen molar-refractivity contribution in [2.45, 2.75) is 19.8 Å². The van der Waals surface area contributed by atoms with E-state index in [1.54, 1.807) is 38.1 Å². The summed E-state index contributed by atoms with van der Waals surface area (Å²) in [4.78, 5) is 11.6. The second-order valence-corrected chi connectivity index (χ2v) is 5.10. The van der Waals surface area contributed by atoms with Crippen LogP contribution in [0, 0.1) is 0 Å². The first-order chi connectivity index (χ1) is 8.45. The minimum Gasteiger partial charge on any atom is -0.466 e. The smallest absolute Gasteiger partial charge is 0.313 e. The van der Waals surface area contributed by atoms with Crippen LogP contribution in [0.2, 0.25) is 5.02 Å². The van der Waals surface area contributed by atoms with Gasteiger partial charge in [-0.1, -0.05) is 46.9 Å². The maximum Gasteiger partial charge on any atom is 0.313 e. The normalized spacial score (nSPS) is 11.8. The highest BCUT2D eigenvalue weighted by Gasteiger charge is 2.17. The molecule has 1 unspecified atom stereocenters. The molecule has 2 nitrogen and oxygen atoms in total. The first-order valence-electron chi connectivity index (χ1n) is 5.44. The molecule has 0 saturated heterocycles. The molecule has 0 fully saturated rings. The zero-order valence-corrected chi connectivity index (χ0v) is 12.3. The maximum atomic E-state index is 11.6. The SMILES string of the molecule is CCOC(=O)C(C)c1ccc(C=C(Cl)Cl)c(Cl)c1. The number of rotatable bonds is 4. The summed E-state index contributed by atoms with van der Waals surface area (Å²) >= 11 is 17.2. The highest BCUT2D eigenvalue weighted by atomic mass is 35.5. The number of benzene rings is 1. The van der Waals surface area contributed by atoms with Crippen LogP contribution in [0.3, 0.4) is 0 Å². The van der Waals surface area contributed by atoms with Gasteiger partial charge in [-0.05, 0) is 37.1 Å². The van der Waals surface area contributed by atoms with Crippen molar-refractivity contribution in [3.05, 3.63) is 38.8 Å². The fourth-order valence-electron chi connectivity index (χ4n) is 1.45. The Morgan fingerprint density at radius 1 is 1.44 bits per heavy atom. The zero-order chi connectivity index (χ0) is 13.7. The largest absolute Gasteiger partial charge is 0.466 e. The lowest BCUT2D eigenvalue weighted by atomic mass is 10.00. The van der Waals surface area contributed by atoms with Gasteiger partial charge in [0.15, 0.2) is 0 Å². The Kier molecular flexibility index (Phi) is 6.00. The summed E-state index contributed by atoms with van der Waals surface area (Å²) in [6.45, 7) is 3.90. The molecule has 0 aliphatic heterocycles. The molecule has 0 N–H and O–H groups in total. The van der Waals surface area contributed by atoms with Gasteiger partial charge in [0.2, 0.25) is 0 Å². The van der Waals surface area contributed by atoms with Crippen LogP contribution in [-0.2, 0) is 9.53 Å². The van der Waals surface area contributed by atoms with Gasteiger partial charge in [0.1, 0.15) is 4.49 Å². The van der Waals surface area contributed by atoms with E-state index >= 15 is 0 Å². The Morgan fingerprint density at radius 2 is 2.11 bits per heavy atom. The molecular formula is C13H13Cl3O2. The second-order valence-electron chi connectivity index (χ2n) is 3.69. The Balaban J connectivity index is 2.97. The van der Waals surface area contributed by atoms with E-state index in [2.05, 4.69) is 0 Å². The molecule has 5 heteroatoms. The van der Waals surface area contributed by atoms with E-state index in [9.17, 15) is 4.79 Å². The van der Waals surface area contributed by atoms with Crippen LogP contribution in [0.4, 0.5) is 0 Å². The van der Waals surface area contributed by atoms with E-state index in [-0.39, 0.29) is 16.4 Å². The number of hydrogen-bond donors (Lipinski definition) is 0. The lowest BCUT2D eigenvalue weighted by Gasteiger charge is -2.11. The minimum absolute atomic E-state index is 0.128. The molecule has 0 bridgehead atoms. The van der Waals surface area contributed by atoms with Crippen molar-refractivity contribution in [3.63, 3.8) is 0 Å². The molecule has 0 amide bonds. The monoisotopic (exact) mass is 306 g/mol. The summed E-state index contributed by atoms with van der Waals surface area (Å²) in [5.74, 6) is -0.626. The van der Waals surface area contributed by atoms with Gasteiger partial charge in [-0.2, -0.15) is 0 Å². The highest BCUT2D eigenvalue weighted by molar-refractivity contribution is 6.57. The van der Waals surface area contributed by atoms with Crippen LogP contribution in [0.25, 0.3) is 6.08 Å². The number of carbonyl (C=O) groups excluding carboxylic acids is 1. The third kappa shape index (κ3) is 4.20. The van der Waals surface area contributed by atoms with Gasteiger partial charge < -0.3 is 4.74 Å². The fraction of sp³-hybridized carbons (Fsp3) is 0.308. The van der Waals surface area contributed by atoms with Crippen LogP contribution < -0.4 is 0 Å². The van der Waals surface area contributed by atoms with E-state index in [0.29, 0.717) is 17.2 Å². The fourth-order valence-corrected chi connectivity index (χ4v) is 1.93. The van der Waals surface area contributed by atoms with E-state index in [1.807, 2.05) is 0 Å². The van der Waals surface area contributed by atoms with Gasteiger partial charge >= 0.3 is 5.97 Å². The van der Waals surface area contributed by atoms with Crippen molar-refractivity contribution >= 4 is 46.8 Å². The summed E-state index contributed by atoms with van der Waals surface area (Å²) in [6, 6.07) is 5.28. The topological polar surface area (TPSA) is 26.3 Å². The van der Waals surface area contributed by atoms with E-state index in [1.165, 1.54) is 0 Å². The Morgan fingerprint density at radius 3 is 2.61 bits per heavy atom. The van der Waals surface area contributed by atoms with Gasteiger partial charge in [0, 0.05) is 5.02 Å². The maximum absolute atomic E-state index is 11.6. The molecule has 0 saturated carbocycles. The van der Waals surface area contributed by atoms with Crippen LogP contribution in [0.5, 0.6) is 0 Å². The van der Waals surface area contributed by atoms with Gasteiger partial charge in [-0.3, -0.25) is 4.79 Å². The zero-order valence-electron chi connectivity index (χ0n) is 10.0. The first-order valence-corrected chi connectivity index (χ1v) is 6.57. The van der Waals surface area contributed by atoms with Crippen LogP contribution in [0.15, 0.2) is 22.7 Å². The van der Waals surface area contributed by atoms with E-state index < -0.39 is 0 Å². The van der Waals surface area contributed by atoms with Gasteiger partial charge in [0.05, 0.1) is 12.5 Å². The highest BCUT2D eigenvalue weighted by Crippen LogP contribution is 2.26. The van der Waals surface area contributed by atoms with Crippen molar-refractivity contribution in [1.29, 1.82) is 0 Å². The summed E-state index contributed by atoms with van der Waals surface area (Å²) in [5, 5.41) is 0.488. The van der Waals surface area contributed by atoms with Crippen LogP contribution in [0.1, 0.15) is 30.9 Å². The molecule has 1 aromatic rings. The lowest BCUT2D eigenvalue weighted by Crippen LogP contribution is -2.12. The number of esters is 1. The standard InChI is InChI=1S/C13H13Cl3O2/c1-3-18-13(17)8(2)9-4-5-10(7-12(15)16)11(14)6-9/h4-8H,3H2,1-2H3. The molecule has 0 radical (unpaired) electrons. The molecule has 98 valence electrons. The summed E-state index contributed by atoms with van der Waals surface area (Å²) in [7, 11) is 0. The quantitative estimate of drug-likeness (QED) is 0.748. The first kappa shape index (κ1) is 15.4. The average molecular weight is 308 g/mol. The van der Waals surface area contributed by atoms with Crippen molar-refractivity contribution in [1.82, 2.24) is 0 Å². The number of carbonyl (C=O) groups is 1. The third-order valence-electron chi connectivity index (χ3n) is 2.43. The minimum atomic E-state index is -0.355. The summed E-state index contributed by atoms with van der Waals surface area (Å²) < 4.78 is 5.08. The molecule has 18 heavy (non-hydrogen) atoms. The third-order valence-corrected chi connectivity index (χ3v) is 2.97. The Bertz CT molecular complexity index is 465. The molecule has 0 aliphatic rings. The van der Waals surface area contributed by atoms with E-state index in [0.717, 1.165) is 5.56 Å². The number of ether oxygens (including phenoxy) is 1. The van der Waals surface area contributed by atoms with Crippen molar-refractivity contribution in [2.24, 2.45) is 0 Å². The Hall–Kier alpha value is -0.700. The molecule has 1 aromatic carbocycles. The second kappa shape index (κ2) is 7.03. The molecule has 1 rings (SSSR count). The van der Waals surface area contributed by atoms with Gasteiger partial charge in [0.25, 0.3) is 0 Å². The average Bonchev–Trinajstić information content (AvgIpc) is 2.30. The molecule has 0 heterocycles. The lowest BCUT2D eigenvalue weighted by molar-refractivity contribution is -0.144. The van der Waals surface area contributed by atoms with Crippen LogP contribution in [-0.4, -0.2) is 12.6 Å². The predicted octanol–water partition coefficient (Wildman–Crippen LogP) is 4.78. The molecule has 0 spiro atoms. The van der Waals surface area contributed by atoms with E-state index in [4.69, 9.17) is 39.5 Å². The molecule has 0 aromatic heterocycles. The van der Waals surface area contributed by atoms with Crippen molar-refractivity contribution in [2.75, 3.05) is 6.61 Å². The van der Waals surface area contributed by atoms with Gasteiger partial charge in [-0.15, -0.1) is 0 Å². The predicted molar refractivity (Wildman–Crippen MR) is 76.2 cm³/mol. The van der Waals surface area contributed by atoms with Crippen LogP contribution >= 0.6 is 34.8 Å². The Labute approximate surface area is 121 Å². The molecular weight excluding hydrogens is 294 g/mol.